The molecule has 0 aliphatic heterocycles. The minimum atomic E-state index is 0.424. The highest BCUT2D eigenvalue weighted by Crippen LogP contribution is 2.36. The van der Waals surface area contributed by atoms with Gasteiger partial charge >= 0.3 is 0 Å². The Bertz CT molecular complexity index is 1180. The molecular formula is C28H29N3. The molecule has 3 nitrogen and oxygen atoms in total. The number of aryl methyl sites for hydroxylation is 1. The van der Waals surface area contributed by atoms with Crippen LogP contribution in [0.25, 0.3) is 34.0 Å². The van der Waals surface area contributed by atoms with Crippen molar-refractivity contribution in [3.05, 3.63) is 89.6 Å². The van der Waals surface area contributed by atoms with Crippen molar-refractivity contribution in [3.63, 3.8) is 0 Å². The number of benzene rings is 1. The van der Waals surface area contributed by atoms with Gasteiger partial charge in [-0.15, -0.1) is 0 Å². The number of hydrogen-bond donors (Lipinski definition) is 0. The molecule has 0 N–H and O–H groups in total. The van der Waals surface area contributed by atoms with E-state index in [0.717, 1.165) is 34.2 Å². The lowest BCUT2D eigenvalue weighted by Gasteiger charge is -2.19. The summed E-state index contributed by atoms with van der Waals surface area (Å²) in [7, 11) is 0. The molecule has 0 fully saturated rings. The molecule has 0 radical (unpaired) electrons. The topological polar surface area (TPSA) is 38.7 Å². The molecule has 0 bridgehead atoms. The molecule has 0 unspecified atom stereocenters. The molecule has 0 aliphatic rings. The van der Waals surface area contributed by atoms with Crippen molar-refractivity contribution >= 4 is 0 Å². The second-order valence-corrected chi connectivity index (χ2v) is 8.60. The molecule has 1 aromatic carbocycles. The van der Waals surface area contributed by atoms with Crippen LogP contribution in [0.1, 0.15) is 56.4 Å². The van der Waals surface area contributed by atoms with Crippen LogP contribution >= 0.6 is 0 Å². The van der Waals surface area contributed by atoms with Crippen LogP contribution in [-0.2, 0) is 0 Å². The predicted octanol–water partition coefficient (Wildman–Crippen LogP) is 7.43. The van der Waals surface area contributed by atoms with E-state index in [1.54, 1.807) is 0 Å². The first kappa shape index (κ1) is 20.9. The summed E-state index contributed by atoms with van der Waals surface area (Å²) >= 11 is 0. The Morgan fingerprint density at radius 1 is 0.484 bits per heavy atom. The van der Waals surface area contributed by atoms with Gasteiger partial charge in [-0.25, -0.2) is 9.97 Å². The van der Waals surface area contributed by atoms with Gasteiger partial charge in [-0.1, -0.05) is 64.1 Å². The zero-order valence-electron chi connectivity index (χ0n) is 18.9. The van der Waals surface area contributed by atoms with E-state index in [1.807, 2.05) is 49.4 Å². The number of nitrogens with zero attached hydrogens (tertiary/aromatic N) is 3. The highest BCUT2D eigenvalue weighted by atomic mass is 14.8. The second-order valence-electron chi connectivity index (χ2n) is 8.60. The van der Waals surface area contributed by atoms with E-state index in [1.165, 1.54) is 16.7 Å². The zero-order chi connectivity index (χ0) is 22.0. The third-order valence-corrected chi connectivity index (χ3v) is 5.54. The van der Waals surface area contributed by atoms with Crippen LogP contribution in [0.2, 0.25) is 0 Å². The smallest absolute Gasteiger partial charge is 0.0894 e. The van der Waals surface area contributed by atoms with Crippen LogP contribution in [0.3, 0.4) is 0 Å². The van der Waals surface area contributed by atoms with Crippen LogP contribution in [0.15, 0.2) is 72.8 Å². The van der Waals surface area contributed by atoms with Crippen LogP contribution in [0, 0.1) is 6.92 Å². The minimum Gasteiger partial charge on any atom is -0.251 e. The average molecular weight is 408 g/mol. The number of pyridine rings is 3. The molecule has 0 aliphatic carbocycles. The van der Waals surface area contributed by atoms with E-state index in [-0.39, 0.29) is 0 Å². The number of aromatic nitrogens is 3. The molecule has 0 spiro atoms. The van der Waals surface area contributed by atoms with Gasteiger partial charge in [-0.2, -0.15) is 0 Å². The quantitative estimate of drug-likeness (QED) is 0.345. The summed E-state index contributed by atoms with van der Waals surface area (Å²) in [6.07, 6.45) is 0. The lowest BCUT2D eigenvalue weighted by Crippen LogP contribution is -2.01. The van der Waals surface area contributed by atoms with E-state index < -0.39 is 0 Å². The fourth-order valence-corrected chi connectivity index (χ4v) is 3.97. The van der Waals surface area contributed by atoms with Crippen molar-refractivity contribution in [1.29, 1.82) is 0 Å². The summed E-state index contributed by atoms with van der Waals surface area (Å²) in [5.74, 6) is 0.848. The second kappa shape index (κ2) is 8.81. The van der Waals surface area contributed by atoms with Crippen molar-refractivity contribution in [3.8, 4) is 34.0 Å². The first-order chi connectivity index (χ1) is 14.9. The van der Waals surface area contributed by atoms with Gasteiger partial charge in [0.25, 0.3) is 0 Å². The SMILES string of the molecule is Cc1cccc(-c2cccc(-c3cccc(-c4c(C(C)C)cccc4C(C)C)n3)n2)n1. The van der Waals surface area contributed by atoms with Gasteiger partial charge in [-0.3, -0.25) is 4.98 Å². The van der Waals surface area contributed by atoms with E-state index in [2.05, 4.69) is 63.0 Å². The van der Waals surface area contributed by atoms with E-state index in [9.17, 15) is 0 Å². The molecule has 31 heavy (non-hydrogen) atoms. The molecule has 3 aromatic heterocycles. The highest BCUT2D eigenvalue weighted by Gasteiger charge is 2.17. The van der Waals surface area contributed by atoms with Crippen LogP contribution in [-0.4, -0.2) is 15.0 Å². The van der Waals surface area contributed by atoms with Crippen LogP contribution < -0.4 is 0 Å². The summed E-state index contributed by atoms with van der Waals surface area (Å²) in [5.41, 5.74) is 9.39. The monoisotopic (exact) mass is 407 g/mol. The maximum atomic E-state index is 5.07. The number of rotatable bonds is 5. The van der Waals surface area contributed by atoms with Gasteiger partial charge in [0, 0.05) is 11.3 Å². The third-order valence-electron chi connectivity index (χ3n) is 5.54. The maximum Gasteiger partial charge on any atom is 0.0894 e. The summed E-state index contributed by atoms with van der Waals surface area (Å²) in [5, 5.41) is 0. The van der Waals surface area contributed by atoms with Crippen molar-refractivity contribution in [1.82, 2.24) is 15.0 Å². The molecule has 0 amide bonds. The largest absolute Gasteiger partial charge is 0.251 e. The summed E-state index contributed by atoms with van der Waals surface area (Å²) < 4.78 is 0. The van der Waals surface area contributed by atoms with Gasteiger partial charge in [0.2, 0.25) is 0 Å². The van der Waals surface area contributed by atoms with Gasteiger partial charge < -0.3 is 0 Å². The first-order valence-electron chi connectivity index (χ1n) is 11.0. The van der Waals surface area contributed by atoms with Gasteiger partial charge in [-0.05, 0) is 66.3 Å². The zero-order valence-corrected chi connectivity index (χ0v) is 18.9. The third kappa shape index (κ3) is 4.41. The molecule has 4 rings (SSSR count). The number of hydrogen-bond acceptors (Lipinski definition) is 3. The summed E-state index contributed by atoms with van der Waals surface area (Å²) in [4.78, 5) is 14.6. The Labute approximate surface area is 185 Å². The van der Waals surface area contributed by atoms with Crippen LogP contribution in [0.5, 0.6) is 0 Å². The maximum absolute atomic E-state index is 5.07. The molecule has 0 atom stereocenters. The van der Waals surface area contributed by atoms with E-state index >= 15 is 0 Å². The fraction of sp³-hybridized carbons (Fsp3) is 0.250. The lowest BCUT2D eigenvalue weighted by molar-refractivity contribution is 0.836. The van der Waals surface area contributed by atoms with Gasteiger partial charge in [0.1, 0.15) is 0 Å². The van der Waals surface area contributed by atoms with Crippen molar-refractivity contribution in [2.75, 3.05) is 0 Å². The molecule has 4 aromatic rings. The first-order valence-corrected chi connectivity index (χ1v) is 11.0. The Morgan fingerprint density at radius 3 is 1.35 bits per heavy atom. The Balaban J connectivity index is 1.82. The molecule has 3 heterocycles. The van der Waals surface area contributed by atoms with Crippen molar-refractivity contribution in [2.24, 2.45) is 0 Å². The Hall–Kier alpha value is -3.33. The predicted molar refractivity (Wildman–Crippen MR) is 129 cm³/mol. The Kier molecular flexibility index (Phi) is 5.94. The van der Waals surface area contributed by atoms with Crippen molar-refractivity contribution in [2.45, 2.75) is 46.5 Å². The molecule has 156 valence electrons. The van der Waals surface area contributed by atoms with E-state index in [4.69, 9.17) is 9.97 Å². The van der Waals surface area contributed by atoms with Gasteiger partial charge in [0.05, 0.1) is 28.5 Å². The van der Waals surface area contributed by atoms with Crippen molar-refractivity contribution < 1.29 is 0 Å². The lowest BCUT2D eigenvalue weighted by atomic mass is 9.87. The fourth-order valence-electron chi connectivity index (χ4n) is 3.97. The molecule has 3 heteroatoms. The molecular weight excluding hydrogens is 378 g/mol. The molecule has 0 saturated carbocycles. The average Bonchev–Trinajstić information content (AvgIpc) is 2.78. The van der Waals surface area contributed by atoms with Crippen LogP contribution in [0.4, 0.5) is 0 Å². The summed E-state index contributed by atoms with van der Waals surface area (Å²) in [6.45, 7) is 11.0. The molecule has 0 saturated heterocycles. The Morgan fingerprint density at radius 2 is 0.871 bits per heavy atom. The van der Waals surface area contributed by atoms with Gasteiger partial charge in [0.15, 0.2) is 0 Å². The highest BCUT2D eigenvalue weighted by molar-refractivity contribution is 5.72. The normalized spacial score (nSPS) is 11.3. The minimum absolute atomic E-state index is 0.424. The standard InChI is InChI=1S/C28H29N3/c1-18(2)21-11-7-12-22(19(3)4)28(21)27-17-9-16-26(31-27)25-15-8-14-24(30-25)23-13-6-10-20(5)29-23/h6-19H,1-5H3. The summed E-state index contributed by atoms with van der Waals surface area (Å²) in [6, 6.07) is 24.9. The van der Waals surface area contributed by atoms with E-state index in [0.29, 0.717) is 11.8 Å².